The van der Waals surface area contributed by atoms with Gasteiger partial charge in [-0.1, -0.05) is 18.6 Å². The number of ether oxygens (including phenoxy) is 1. The SMILES string of the molecule is O=C(NC[C@H]1CCC[C@@H]1O)c1ccccc1OC(F)(F)F. The number of hydrogen-bond donors (Lipinski definition) is 2. The lowest BCUT2D eigenvalue weighted by Gasteiger charge is -2.16. The van der Waals surface area contributed by atoms with Crippen LogP contribution in [-0.2, 0) is 0 Å². The summed E-state index contributed by atoms with van der Waals surface area (Å²) < 4.78 is 40.7. The Hall–Kier alpha value is -1.76. The molecule has 1 saturated carbocycles. The number of alkyl halides is 3. The van der Waals surface area contributed by atoms with Crippen LogP contribution in [0.2, 0.25) is 0 Å². The van der Waals surface area contributed by atoms with E-state index < -0.39 is 24.1 Å². The van der Waals surface area contributed by atoms with Crippen LogP contribution in [0.5, 0.6) is 5.75 Å². The van der Waals surface area contributed by atoms with Crippen LogP contribution >= 0.6 is 0 Å². The molecule has 0 saturated heterocycles. The number of rotatable bonds is 4. The van der Waals surface area contributed by atoms with Gasteiger partial charge in [-0.05, 0) is 25.0 Å². The van der Waals surface area contributed by atoms with E-state index in [0.29, 0.717) is 6.42 Å². The van der Waals surface area contributed by atoms with Crippen molar-refractivity contribution in [1.82, 2.24) is 5.32 Å². The number of carbonyl (C=O) groups is 1. The van der Waals surface area contributed by atoms with Gasteiger partial charge in [0, 0.05) is 12.5 Å². The molecule has 1 amide bonds. The summed E-state index contributed by atoms with van der Waals surface area (Å²) in [6.45, 7) is 0.236. The molecule has 0 aromatic heterocycles. The van der Waals surface area contributed by atoms with E-state index >= 15 is 0 Å². The minimum atomic E-state index is -4.85. The zero-order valence-electron chi connectivity index (χ0n) is 11.2. The van der Waals surface area contributed by atoms with E-state index in [-0.39, 0.29) is 18.0 Å². The number of aliphatic hydroxyl groups is 1. The van der Waals surface area contributed by atoms with Crippen LogP contribution in [0, 0.1) is 5.92 Å². The number of aliphatic hydroxyl groups excluding tert-OH is 1. The van der Waals surface area contributed by atoms with E-state index in [1.54, 1.807) is 0 Å². The quantitative estimate of drug-likeness (QED) is 0.898. The molecule has 0 heterocycles. The van der Waals surface area contributed by atoms with Gasteiger partial charge in [-0.25, -0.2) is 0 Å². The van der Waals surface area contributed by atoms with Crippen LogP contribution in [0.15, 0.2) is 24.3 Å². The van der Waals surface area contributed by atoms with Gasteiger partial charge >= 0.3 is 6.36 Å². The minimum absolute atomic E-state index is 0.0513. The maximum atomic E-state index is 12.3. The zero-order valence-corrected chi connectivity index (χ0v) is 11.2. The fourth-order valence-corrected chi connectivity index (χ4v) is 2.44. The Bertz CT molecular complexity index is 504. The maximum Gasteiger partial charge on any atom is 0.573 e. The summed E-state index contributed by atoms with van der Waals surface area (Å²) in [5.74, 6) is -1.23. The number of carbonyl (C=O) groups excluding carboxylic acids is 1. The first kappa shape index (κ1) is 15.6. The first-order valence-electron chi connectivity index (χ1n) is 6.68. The Kier molecular flexibility index (Phi) is 4.72. The molecule has 2 atom stereocenters. The minimum Gasteiger partial charge on any atom is -0.405 e. The summed E-state index contributed by atoms with van der Waals surface area (Å²) >= 11 is 0. The molecular formula is C14H16F3NO3. The zero-order chi connectivity index (χ0) is 15.5. The number of para-hydroxylation sites is 1. The second-order valence-corrected chi connectivity index (χ2v) is 5.01. The van der Waals surface area contributed by atoms with Gasteiger partial charge in [-0.3, -0.25) is 4.79 Å². The van der Waals surface area contributed by atoms with Crippen LogP contribution in [0.3, 0.4) is 0 Å². The monoisotopic (exact) mass is 303 g/mol. The summed E-state index contributed by atoms with van der Waals surface area (Å²) in [4.78, 5) is 12.0. The van der Waals surface area contributed by atoms with Gasteiger partial charge in [-0.2, -0.15) is 0 Å². The molecule has 0 spiro atoms. The molecule has 1 fully saturated rings. The molecule has 7 heteroatoms. The molecule has 2 N–H and O–H groups in total. The van der Waals surface area contributed by atoms with Crippen molar-refractivity contribution in [3.63, 3.8) is 0 Å². The summed E-state index contributed by atoms with van der Waals surface area (Å²) in [7, 11) is 0. The van der Waals surface area contributed by atoms with Crippen molar-refractivity contribution in [3.05, 3.63) is 29.8 Å². The van der Waals surface area contributed by atoms with E-state index in [1.165, 1.54) is 18.2 Å². The van der Waals surface area contributed by atoms with Crippen LogP contribution in [0.4, 0.5) is 13.2 Å². The average Bonchev–Trinajstić information content (AvgIpc) is 2.80. The molecule has 1 aromatic carbocycles. The number of amides is 1. The third-order valence-electron chi connectivity index (χ3n) is 3.50. The van der Waals surface area contributed by atoms with Gasteiger partial charge in [0.25, 0.3) is 5.91 Å². The third-order valence-corrected chi connectivity index (χ3v) is 3.50. The van der Waals surface area contributed by atoms with E-state index in [0.717, 1.165) is 18.9 Å². The van der Waals surface area contributed by atoms with Crippen LogP contribution in [0.25, 0.3) is 0 Å². The lowest BCUT2D eigenvalue weighted by Crippen LogP contribution is -2.33. The summed E-state index contributed by atoms with van der Waals surface area (Å²) in [5.41, 5.74) is -0.178. The number of nitrogens with one attached hydrogen (secondary N) is 1. The highest BCUT2D eigenvalue weighted by atomic mass is 19.4. The van der Waals surface area contributed by atoms with Crippen LogP contribution in [-0.4, -0.2) is 30.0 Å². The fourth-order valence-electron chi connectivity index (χ4n) is 2.44. The van der Waals surface area contributed by atoms with Crippen molar-refractivity contribution in [1.29, 1.82) is 0 Å². The van der Waals surface area contributed by atoms with Gasteiger partial charge in [0.1, 0.15) is 5.75 Å². The van der Waals surface area contributed by atoms with Crippen molar-refractivity contribution < 1.29 is 27.8 Å². The Morgan fingerprint density at radius 2 is 2.05 bits per heavy atom. The highest BCUT2D eigenvalue weighted by Crippen LogP contribution is 2.27. The lowest BCUT2D eigenvalue weighted by molar-refractivity contribution is -0.274. The highest BCUT2D eigenvalue weighted by molar-refractivity contribution is 5.96. The molecule has 0 aliphatic heterocycles. The maximum absolute atomic E-state index is 12.3. The summed E-state index contributed by atoms with van der Waals surface area (Å²) in [5, 5.41) is 12.2. The van der Waals surface area contributed by atoms with Gasteiger partial charge in [0.15, 0.2) is 0 Å². The van der Waals surface area contributed by atoms with E-state index in [4.69, 9.17) is 0 Å². The molecule has 1 aliphatic rings. The molecule has 2 rings (SSSR count). The molecule has 0 unspecified atom stereocenters. The smallest absolute Gasteiger partial charge is 0.405 e. The van der Waals surface area contributed by atoms with Gasteiger partial charge in [-0.15, -0.1) is 13.2 Å². The molecular weight excluding hydrogens is 287 g/mol. The third kappa shape index (κ3) is 4.35. The largest absolute Gasteiger partial charge is 0.573 e. The normalized spacial score (nSPS) is 22.1. The van der Waals surface area contributed by atoms with Gasteiger partial charge in [0.05, 0.1) is 11.7 Å². The Morgan fingerprint density at radius 1 is 1.33 bits per heavy atom. The van der Waals surface area contributed by atoms with Crippen molar-refractivity contribution in [2.45, 2.75) is 31.7 Å². The molecule has 4 nitrogen and oxygen atoms in total. The number of benzene rings is 1. The second kappa shape index (κ2) is 6.34. The fraction of sp³-hybridized carbons (Fsp3) is 0.500. The Morgan fingerprint density at radius 3 is 2.67 bits per heavy atom. The summed E-state index contributed by atoms with van der Waals surface area (Å²) in [6.07, 6.45) is -2.95. The molecule has 0 bridgehead atoms. The standard InChI is InChI=1S/C14H16F3NO3/c15-14(16,17)21-12-7-2-1-5-10(12)13(20)18-8-9-4-3-6-11(9)19/h1-2,5,7,9,11,19H,3-4,6,8H2,(H,18,20)/t9-,11+/m1/s1. The number of halogens is 3. The second-order valence-electron chi connectivity index (χ2n) is 5.01. The summed E-state index contributed by atoms with van der Waals surface area (Å²) in [6, 6.07) is 5.18. The van der Waals surface area contributed by atoms with E-state index in [2.05, 4.69) is 10.1 Å². The Balaban J connectivity index is 2.01. The van der Waals surface area contributed by atoms with Crippen LogP contribution < -0.4 is 10.1 Å². The van der Waals surface area contributed by atoms with Crippen LogP contribution in [0.1, 0.15) is 29.6 Å². The van der Waals surface area contributed by atoms with Gasteiger partial charge in [0.2, 0.25) is 0 Å². The first-order valence-corrected chi connectivity index (χ1v) is 6.68. The first-order chi connectivity index (χ1) is 9.87. The molecule has 21 heavy (non-hydrogen) atoms. The van der Waals surface area contributed by atoms with E-state index in [9.17, 15) is 23.1 Å². The Labute approximate surface area is 119 Å². The highest BCUT2D eigenvalue weighted by Gasteiger charge is 2.33. The molecule has 1 aliphatic carbocycles. The molecule has 1 aromatic rings. The predicted molar refractivity (Wildman–Crippen MR) is 68.8 cm³/mol. The number of hydrogen-bond acceptors (Lipinski definition) is 3. The van der Waals surface area contributed by atoms with Gasteiger partial charge < -0.3 is 15.2 Å². The topological polar surface area (TPSA) is 58.6 Å². The van der Waals surface area contributed by atoms with Crippen molar-refractivity contribution in [2.24, 2.45) is 5.92 Å². The molecule has 0 radical (unpaired) electrons. The average molecular weight is 303 g/mol. The van der Waals surface area contributed by atoms with Crippen molar-refractivity contribution in [3.8, 4) is 5.75 Å². The van der Waals surface area contributed by atoms with Crippen molar-refractivity contribution in [2.75, 3.05) is 6.54 Å². The van der Waals surface area contributed by atoms with Crippen molar-refractivity contribution >= 4 is 5.91 Å². The lowest BCUT2D eigenvalue weighted by atomic mass is 10.1. The molecule has 116 valence electrons. The van der Waals surface area contributed by atoms with E-state index in [1.807, 2.05) is 0 Å². The predicted octanol–water partition coefficient (Wildman–Crippen LogP) is 2.48.